The highest BCUT2D eigenvalue weighted by Crippen LogP contribution is 2.26. The van der Waals surface area contributed by atoms with Crippen LogP contribution in [0.25, 0.3) is 10.2 Å². The summed E-state index contributed by atoms with van der Waals surface area (Å²) in [6.45, 7) is 3.95. The van der Waals surface area contributed by atoms with Gasteiger partial charge in [0.05, 0.1) is 10.2 Å². The molecule has 0 atom stereocenters. The van der Waals surface area contributed by atoms with Crippen LogP contribution in [0.1, 0.15) is 12.5 Å². The lowest BCUT2D eigenvalue weighted by Gasteiger charge is -1.88. The summed E-state index contributed by atoms with van der Waals surface area (Å²) in [4.78, 5) is 4.38. The molecule has 0 saturated heterocycles. The number of hydrazone groups is 1. The van der Waals surface area contributed by atoms with Crippen LogP contribution in [0.3, 0.4) is 0 Å². The van der Waals surface area contributed by atoms with Crippen LogP contribution in [-0.2, 0) is 0 Å². The number of hydrogen-bond donors (Lipinski definition) is 1. The minimum absolute atomic E-state index is 0.837. The third kappa shape index (κ3) is 1.75. The lowest BCUT2D eigenvalue weighted by atomic mass is 10.2. The van der Waals surface area contributed by atoms with Gasteiger partial charge in [-0.2, -0.15) is 5.10 Å². The minimum atomic E-state index is 0.837. The summed E-state index contributed by atoms with van der Waals surface area (Å²) in [7, 11) is 0. The van der Waals surface area contributed by atoms with Crippen LogP contribution in [0.2, 0.25) is 0 Å². The quantitative estimate of drug-likeness (QED) is 0.604. The van der Waals surface area contributed by atoms with E-state index >= 15 is 0 Å². The van der Waals surface area contributed by atoms with E-state index in [9.17, 15) is 0 Å². The average Bonchev–Trinajstić information content (AvgIpc) is 2.56. The van der Waals surface area contributed by atoms with Gasteiger partial charge in [-0.3, -0.25) is 5.43 Å². The molecule has 0 amide bonds. The molecule has 2 aromatic rings. The van der Waals surface area contributed by atoms with E-state index in [1.165, 1.54) is 10.3 Å². The van der Waals surface area contributed by atoms with Crippen molar-refractivity contribution in [2.75, 3.05) is 5.43 Å². The molecular weight excluding hydrogens is 194 g/mol. The van der Waals surface area contributed by atoms with E-state index in [2.05, 4.69) is 34.6 Å². The van der Waals surface area contributed by atoms with E-state index in [1.807, 2.05) is 13.0 Å². The molecule has 1 heterocycles. The number of benzene rings is 1. The molecule has 0 bridgehead atoms. The highest BCUT2D eigenvalue weighted by molar-refractivity contribution is 7.22. The first-order valence-corrected chi connectivity index (χ1v) is 5.22. The Morgan fingerprint density at radius 3 is 3.14 bits per heavy atom. The van der Waals surface area contributed by atoms with E-state index in [-0.39, 0.29) is 0 Å². The van der Waals surface area contributed by atoms with Gasteiger partial charge < -0.3 is 0 Å². The molecule has 72 valence electrons. The first-order chi connectivity index (χ1) is 6.79. The fourth-order valence-corrected chi connectivity index (χ4v) is 2.11. The molecule has 14 heavy (non-hydrogen) atoms. The zero-order valence-electron chi connectivity index (χ0n) is 8.11. The third-order valence-corrected chi connectivity index (χ3v) is 2.76. The number of fused-ring (bicyclic) bond motifs is 1. The molecule has 1 N–H and O–H groups in total. The summed E-state index contributed by atoms with van der Waals surface area (Å²) in [6, 6.07) is 6.23. The van der Waals surface area contributed by atoms with E-state index in [1.54, 1.807) is 17.6 Å². The monoisotopic (exact) mass is 205 g/mol. The number of aryl methyl sites for hydroxylation is 1. The average molecular weight is 205 g/mol. The van der Waals surface area contributed by atoms with Gasteiger partial charge in [0.15, 0.2) is 0 Å². The smallest absolute Gasteiger partial charge is 0.204 e. The number of aromatic nitrogens is 1. The molecule has 0 saturated carbocycles. The van der Waals surface area contributed by atoms with E-state index in [4.69, 9.17) is 0 Å². The Morgan fingerprint density at radius 2 is 2.36 bits per heavy atom. The van der Waals surface area contributed by atoms with Gasteiger partial charge in [0.2, 0.25) is 5.13 Å². The van der Waals surface area contributed by atoms with Gasteiger partial charge in [-0.15, -0.1) is 0 Å². The van der Waals surface area contributed by atoms with Gasteiger partial charge in [0.1, 0.15) is 0 Å². The maximum absolute atomic E-state index is 4.38. The van der Waals surface area contributed by atoms with Crippen molar-refractivity contribution < 1.29 is 0 Å². The maximum Gasteiger partial charge on any atom is 0.204 e. The highest BCUT2D eigenvalue weighted by atomic mass is 32.1. The molecule has 4 heteroatoms. The Kier molecular flexibility index (Phi) is 2.45. The zero-order chi connectivity index (χ0) is 9.97. The normalized spacial score (nSPS) is 11.3. The second-order valence-corrected chi connectivity index (χ2v) is 4.02. The summed E-state index contributed by atoms with van der Waals surface area (Å²) >= 11 is 1.62. The summed E-state index contributed by atoms with van der Waals surface area (Å²) in [5, 5.41) is 4.77. The fourth-order valence-electron chi connectivity index (χ4n) is 1.20. The van der Waals surface area contributed by atoms with E-state index in [0.717, 1.165) is 10.6 Å². The van der Waals surface area contributed by atoms with Crippen LogP contribution in [0.4, 0.5) is 5.13 Å². The van der Waals surface area contributed by atoms with Gasteiger partial charge in [-0.25, -0.2) is 4.98 Å². The van der Waals surface area contributed by atoms with Crippen molar-refractivity contribution >= 4 is 32.9 Å². The van der Waals surface area contributed by atoms with Crippen LogP contribution >= 0.6 is 11.3 Å². The Balaban J connectivity index is 2.41. The van der Waals surface area contributed by atoms with Crippen LogP contribution in [0.5, 0.6) is 0 Å². The maximum atomic E-state index is 4.38. The minimum Gasteiger partial charge on any atom is -0.253 e. The van der Waals surface area contributed by atoms with Crippen molar-refractivity contribution in [3.8, 4) is 0 Å². The summed E-state index contributed by atoms with van der Waals surface area (Å²) in [5.41, 5.74) is 5.16. The topological polar surface area (TPSA) is 37.3 Å². The fraction of sp³-hybridized carbons (Fsp3) is 0.200. The predicted molar refractivity (Wildman–Crippen MR) is 62.1 cm³/mol. The number of nitrogens with one attached hydrogen (secondary N) is 1. The standard InChI is InChI=1S/C10H11N3S/c1-3-11-13-10-12-8-5-4-7(2)6-9(8)14-10/h3-6H,1-2H3,(H,12,13)/b11-3+. The predicted octanol–water partition coefficient (Wildman–Crippen LogP) is 3.02. The van der Waals surface area contributed by atoms with Crippen LogP contribution in [0, 0.1) is 6.92 Å². The third-order valence-electron chi connectivity index (χ3n) is 1.83. The number of rotatable bonds is 2. The Labute approximate surface area is 86.5 Å². The molecule has 0 unspecified atom stereocenters. The molecule has 0 spiro atoms. The molecule has 1 aromatic carbocycles. The Morgan fingerprint density at radius 1 is 1.50 bits per heavy atom. The van der Waals surface area contributed by atoms with Crippen molar-refractivity contribution in [2.24, 2.45) is 5.10 Å². The largest absolute Gasteiger partial charge is 0.253 e. The summed E-state index contributed by atoms with van der Waals surface area (Å²) in [6.07, 6.45) is 1.71. The van der Waals surface area contributed by atoms with Crippen molar-refractivity contribution in [3.63, 3.8) is 0 Å². The van der Waals surface area contributed by atoms with E-state index in [0.29, 0.717) is 0 Å². The lowest BCUT2D eigenvalue weighted by molar-refractivity contribution is 1.31. The second-order valence-electron chi connectivity index (χ2n) is 2.99. The second kappa shape index (κ2) is 3.75. The number of hydrogen-bond acceptors (Lipinski definition) is 4. The number of thiazole rings is 1. The molecule has 0 aliphatic heterocycles. The van der Waals surface area contributed by atoms with Crippen LogP contribution in [0.15, 0.2) is 23.3 Å². The SMILES string of the molecule is C/C=N/Nc1nc2ccc(C)cc2s1. The highest BCUT2D eigenvalue weighted by Gasteiger charge is 2.01. The van der Waals surface area contributed by atoms with Gasteiger partial charge in [0, 0.05) is 6.21 Å². The molecule has 3 nitrogen and oxygen atoms in total. The molecule has 2 rings (SSSR count). The first-order valence-electron chi connectivity index (χ1n) is 4.40. The van der Waals surface area contributed by atoms with Crippen molar-refractivity contribution in [1.82, 2.24) is 4.98 Å². The summed E-state index contributed by atoms with van der Waals surface area (Å²) in [5.74, 6) is 0. The molecule has 0 fully saturated rings. The molecule has 0 aliphatic carbocycles. The molecule has 0 radical (unpaired) electrons. The van der Waals surface area contributed by atoms with Gasteiger partial charge in [-0.05, 0) is 31.5 Å². The number of anilines is 1. The van der Waals surface area contributed by atoms with Crippen LogP contribution in [-0.4, -0.2) is 11.2 Å². The molecular formula is C10H11N3S. The molecule has 0 aliphatic rings. The van der Waals surface area contributed by atoms with Gasteiger partial charge in [0.25, 0.3) is 0 Å². The Bertz CT molecular complexity index is 473. The Hall–Kier alpha value is -1.42. The van der Waals surface area contributed by atoms with Gasteiger partial charge in [-0.1, -0.05) is 17.4 Å². The van der Waals surface area contributed by atoms with Crippen molar-refractivity contribution in [3.05, 3.63) is 23.8 Å². The van der Waals surface area contributed by atoms with Crippen molar-refractivity contribution in [2.45, 2.75) is 13.8 Å². The van der Waals surface area contributed by atoms with Crippen LogP contribution < -0.4 is 5.43 Å². The lowest BCUT2D eigenvalue weighted by Crippen LogP contribution is -1.85. The van der Waals surface area contributed by atoms with Crippen molar-refractivity contribution in [1.29, 1.82) is 0 Å². The summed E-state index contributed by atoms with van der Waals surface area (Å²) < 4.78 is 1.19. The molecule has 1 aromatic heterocycles. The van der Waals surface area contributed by atoms with Gasteiger partial charge >= 0.3 is 0 Å². The van der Waals surface area contributed by atoms with E-state index < -0.39 is 0 Å². The zero-order valence-corrected chi connectivity index (χ0v) is 8.93. The first kappa shape index (κ1) is 9.15. The number of nitrogens with zero attached hydrogens (tertiary/aromatic N) is 2.